The minimum atomic E-state index is 0.186. The molecular formula is C41H47BN2. The van der Waals surface area contributed by atoms with E-state index in [0.717, 1.165) is 19.3 Å². The number of fused-ring (bicyclic) bond motifs is 5. The summed E-state index contributed by atoms with van der Waals surface area (Å²) in [7, 11) is 0. The standard InChI is InChI=1S/C41H47BN2/c1-10-27-16-28(23(2)3)18-33(24(4)5)40(27)42-30(20-34-26(7)43-37-15-25(6)11-12-31(34)37)17-29-19-38-35(21-36(29)42)32-13-14-41(8,9)22-39(32)44-38/h11-16,18-21,23-24,43-44H,10,17,22H2,1-9H3/b30-20+. The smallest absolute Gasteiger partial charge is 0.238 e. The fraction of sp³-hybridized carbons (Fsp3) is 0.366. The van der Waals surface area contributed by atoms with Crippen molar-refractivity contribution in [3.05, 3.63) is 104 Å². The molecule has 0 amide bonds. The molecule has 3 heterocycles. The van der Waals surface area contributed by atoms with Gasteiger partial charge >= 0.3 is 0 Å². The number of nitrogens with one attached hydrogen (secondary N) is 2. The largest absolute Gasteiger partial charge is 0.358 e. The molecule has 0 atom stereocenters. The Morgan fingerprint density at radius 1 is 0.909 bits per heavy atom. The molecule has 5 aromatic rings. The lowest BCUT2D eigenvalue weighted by Crippen LogP contribution is -2.45. The van der Waals surface area contributed by atoms with E-state index in [4.69, 9.17) is 0 Å². The molecule has 0 fully saturated rings. The van der Waals surface area contributed by atoms with Crippen LogP contribution in [-0.2, 0) is 19.3 Å². The first-order valence-electron chi connectivity index (χ1n) is 16.8. The van der Waals surface area contributed by atoms with Gasteiger partial charge in [0.25, 0.3) is 0 Å². The van der Waals surface area contributed by atoms with Crippen LogP contribution in [0.1, 0.15) is 111 Å². The van der Waals surface area contributed by atoms with E-state index >= 15 is 0 Å². The van der Waals surface area contributed by atoms with Crippen LogP contribution in [-0.4, -0.2) is 16.7 Å². The maximum atomic E-state index is 3.85. The Balaban J connectivity index is 1.50. The first-order valence-corrected chi connectivity index (χ1v) is 16.8. The zero-order valence-corrected chi connectivity index (χ0v) is 28.1. The van der Waals surface area contributed by atoms with Gasteiger partial charge in [0.05, 0.1) is 0 Å². The van der Waals surface area contributed by atoms with Gasteiger partial charge < -0.3 is 9.97 Å². The fourth-order valence-corrected chi connectivity index (χ4v) is 8.01. The van der Waals surface area contributed by atoms with Crippen LogP contribution in [0.2, 0.25) is 0 Å². The van der Waals surface area contributed by atoms with Gasteiger partial charge in [-0.1, -0.05) is 119 Å². The third-order valence-electron chi connectivity index (χ3n) is 10.4. The first kappa shape index (κ1) is 29.0. The number of benzene rings is 3. The number of allylic oxidation sites excluding steroid dienone is 2. The van der Waals surface area contributed by atoms with Crippen LogP contribution < -0.4 is 10.9 Å². The van der Waals surface area contributed by atoms with Gasteiger partial charge in [-0.15, -0.1) is 0 Å². The number of aromatic amines is 2. The van der Waals surface area contributed by atoms with Gasteiger partial charge in [-0.2, -0.15) is 0 Å². The van der Waals surface area contributed by atoms with Gasteiger partial charge in [0.15, 0.2) is 0 Å². The summed E-state index contributed by atoms with van der Waals surface area (Å²) in [6, 6.07) is 16.9. The number of aromatic nitrogens is 2. The van der Waals surface area contributed by atoms with E-state index in [1.54, 1.807) is 5.46 Å². The summed E-state index contributed by atoms with van der Waals surface area (Å²) in [4.78, 5) is 7.55. The Kier molecular flexibility index (Phi) is 6.88. The van der Waals surface area contributed by atoms with Gasteiger partial charge in [-0.25, -0.2) is 0 Å². The Morgan fingerprint density at radius 3 is 2.41 bits per heavy atom. The second kappa shape index (κ2) is 10.4. The maximum Gasteiger partial charge on any atom is 0.238 e. The third kappa shape index (κ3) is 4.71. The quantitative estimate of drug-likeness (QED) is 0.195. The van der Waals surface area contributed by atoms with Crippen molar-refractivity contribution in [1.82, 2.24) is 9.97 Å². The van der Waals surface area contributed by atoms with Crippen LogP contribution in [0.25, 0.3) is 34.0 Å². The molecule has 0 unspecified atom stereocenters. The molecule has 2 nitrogen and oxygen atoms in total. The summed E-state index contributed by atoms with van der Waals surface area (Å²) in [5.74, 6) is 0.961. The van der Waals surface area contributed by atoms with E-state index in [1.165, 1.54) is 83.1 Å². The van der Waals surface area contributed by atoms with Gasteiger partial charge in [0.1, 0.15) is 0 Å². The van der Waals surface area contributed by atoms with Crippen molar-refractivity contribution in [3.63, 3.8) is 0 Å². The van der Waals surface area contributed by atoms with Crippen LogP contribution in [0.15, 0.2) is 54.0 Å². The molecule has 7 rings (SSSR count). The van der Waals surface area contributed by atoms with E-state index in [-0.39, 0.29) is 12.1 Å². The Bertz CT molecular complexity index is 2010. The molecule has 0 spiro atoms. The number of rotatable bonds is 5. The van der Waals surface area contributed by atoms with Crippen molar-refractivity contribution in [1.29, 1.82) is 0 Å². The lowest BCUT2D eigenvalue weighted by atomic mass is 9.36. The van der Waals surface area contributed by atoms with Gasteiger partial charge in [0, 0.05) is 44.3 Å². The highest BCUT2D eigenvalue weighted by molar-refractivity contribution is 6.93. The highest BCUT2D eigenvalue weighted by Crippen LogP contribution is 2.38. The molecule has 3 aromatic carbocycles. The highest BCUT2D eigenvalue weighted by atomic mass is 14.7. The minimum absolute atomic E-state index is 0.186. The molecule has 2 N–H and O–H groups in total. The van der Waals surface area contributed by atoms with Gasteiger partial charge in [0.2, 0.25) is 6.71 Å². The lowest BCUT2D eigenvalue weighted by Gasteiger charge is -2.25. The summed E-state index contributed by atoms with van der Waals surface area (Å²) in [6.45, 7) is 21.1. The fourth-order valence-electron chi connectivity index (χ4n) is 8.01. The first-order chi connectivity index (χ1) is 20.9. The molecular weight excluding hydrogens is 531 g/mol. The predicted octanol–water partition coefficient (Wildman–Crippen LogP) is 9.46. The molecule has 0 saturated carbocycles. The summed E-state index contributed by atoms with van der Waals surface area (Å²) in [5.41, 5.74) is 19.8. The van der Waals surface area contributed by atoms with E-state index in [9.17, 15) is 0 Å². The van der Waals surface area contributed by atoms with Crippen molar-refractivity contribution >= 4 is 51.6 Å². The normalized spacial score (nSPS) is 16.7. The van der Waals surface area contributed by atoms with Crippen molar-refractivity contribution in [2.24, 2.45) is 5.41 Å². The van der Waals surface area contributed by atoms with E-state index < -0.39 is 0 Å². The van der Waals surface area contributed by atoms with Gasteiger partial charge in [-0.05, 0) is 84.7 Å². The SMILES string of the molecule is CCc1cc(C(C)C)cc(C(C)C)c1B1/C(=C/c2c(C)[nH]c3cc(C)ccc23)Cc2cc3[nH]c4c(c3cc21)C=CC(C)(C)C4. The topological polar surface area (TPSA) is 31.6 Å². The number of aryl methyl sites for hydroxylation is 3. The average molecular weight is 579 g/mol. The lowest BCUT2D eigenvalue weighted by molar-refractivity contribution is 0.470. The summed E-state index contributed by atoms with van der Waals surface area (Å²) >= 11 is 0. The predicted molar refractivity (Wildman–Crippen MR) is 193 cm³/mol. The average Bonchev–Trinajstić information content (AvgIpc) is 3.59. The number of hydrogen-bond acceptors (Lipinski definition) is 0. The zero-order valence-electron chi connectivity index (χ0n) is 28.1. The monoisotopic (exact) mass is 578 g/mol. The molecule has 1 aliphatic carbocycles. The molecule has 3 heteroatoms. The number of hydrogen-bond donors (Lipinski definition) is 2. The van der Waals surface area contributed by atoms with Crippen LogP contribution in [0.5, 0.6) is 0 Å². The van der Waals surface area contributed by atoms with Crippen molar-refractivity contribution in [2.75, 3.05) is 0 Å². The Hall–Kier alpha value is -3.72. The Morgan fingerprint density at radius 2 is 1.68 bits per heavy atom. The molecule has 224 valence electrons. The van der Waals surface area contributed by atoms with Gasteiger partial charge in [-0.3, -0.25) is 0 Å². The molecule has 0 bridgehead atoms. The van der Waals surface area contributed by atoms with Crippen molar-refractivity contribution in [3.8, 4) is 0 Å². The van der Waals surface area contributed by atoms with Crippen LogP contribution in [0.4, 0.5) is 0 Å². The molecule has 0 saturated heterocycles. The summed E-state index contributed by atoms with van der Waals surface area (Å²) in [6.07, 6.45) is 10.4. The van der Waals surface area contributed by atoms with Crippen LogP contribution in [0.3, 0.4) is 0 Å². The molecule has 44 heavy (non-hydrogen) atoms. The second-order valence-electron chi connectivity index (χ2n) is 15.0. The molecule has 2 aliphatic rings. The maximum absolute atomic E-state index is 3.85. The third-order valence-corrected chi connectivity index (χ3v) is 10.4. The van der Waals surface area contributed by atoms with Crippen LogP contribution in [0, 0.1) is 19.3 Å². The molecule has 2 aromatic heterocycles. The van der Waals surface area contributed by atoms with E-state index in [2.05, 4.69) is 133 Å². The second-order valence-corrected chi connectivity index (χ2v) is 15.0. The van der Waals surface area contributed by atoms with E-state index in [0.29, 0.717) is 11.8 Å². The molecule has 1 aliphatic heterocycles. The zero-order chi connectivity index (χ0) is 31.1. The van der Waals surface area contributed by atoms with Crippen molar-refractivity contribution in [2.45, 2.75) is 93.4 Å². The minimum Gasteiger partial charge on any atom is -0.358 e. The van der Waals surface area contributed by atoms with Crippen molar-refractivity contribution < 1.29 is 0 Å². The summed E-state index contributed by atoms with van der Waals surface area (Å²) < 4.78 is 0. The van der Waals surface area contributed by atoms with E-state index in [1.807, 2.05) is 0 Å². The summed E-state index contributed by atoms with van der Waals surface area (Å²) in [5, 5.41) is 2.69. The van der Waals surface area contributed by atoms with Crippen LogP contribution >= 0.6 is 0 Å². The number of H-pyrrole nitrogens is 2. The Labute approximate surface area is 264 Å². The molecule has 0 radical (unpaired) electrons. The highest BCUT2D eigenvalue weighted by Gasteiger charge is 2.37.